The number of thioether (sulfide) groups is 1. The van der Waals surface area contributed by atoms with Gasteiger partial charge in [-0.2, -0.15) is 0 Å². The molecule has 0 saturated carbocycles. The Kier molecular flexibility index (Phi) is 6.70. The second kappa shape index (κ2) is 9.21. The van der Waals surface area contributed by atoms with Gasteiger partial charge in [-0.3, -0.25) is 9.59 Å². The Morgan fingerprint density at radius 3 is 2.46 bits per heavy atom. The molecule has 5 nitrogen and oxygen atoms in total. The molecule has 0 fully saturated rings. The summed E-state index contributed by atoms with van der Waals surface area (Å²) in [5.74, 6) is -0.363. The van der Waals surface area contributed by atoms with Gasteiger partial charge < -0.3 is 4.74 Å². The zero-order valence-corrected chi connectivity index (χ0v) is 17.4. The van der Waals surface area contributed by atoms with Gasteiger partial charge >= 0.3 is 5.97 Å². The van der Waals surface area contributed by atoms with E-state index in [1.807, 2.05) is 31.4 Å². The standard InChI is InChI=1S/C21H21NO4S2/c1-3-5-12-26-21(25)14-8-10-15(11-9-14)22-19(23)17(16-7-6-13-28-16)18(20(22)24)27-4-2/h6-11,13H,3-5,12H2,1-2H3. The third-order valence-corrected chi connectivity index (χ3v) is 6.03. The highest BCUT2D eigenvalue weighted by Crippen LogP contribution is 2.39. The number of ether oxygens (including phenoxy) is 1. The molecule has 0 atom stereocenters. The predicted octanol–water partition coefficient (Wildman–Crippen LogP) is 4.74. The number of anilines is 1. The fourth-order valence-electron chi connectivity index (χ4n) is 2.80. The van der Waals surface area contributed by atoms with Crippen molar-refractivity contribution in [3.05, 3.63) is 57.1 Å². The third-order valence-electron chi connectivity index (χ3n) is 4.19. The Morgan fingerprint density at radius 1 is 1.11 bits per heavy atom. The van der Waals surface area contributed by atoms with Crippen molar-refractivity contribution in [2.24, 2.45) is 0 Å². The maximum atomic E-state index is 13.0. The normalized spacial score (nSPS) is 14.1. The van der Waals surface area contributed by atoms with Crippen molar-refractivity contribution in [2.45, 2.75) is 26.7 Å². The van der Waals surface area contributed by atoms with Gasteiger partial charge in [0.2, 0.25) is 0 Å². The largest absolute Gasteiger partial charge is 0.462 e. The number of thiophene rings is 1. The second-order valence-corrected chi connectivity index (χ2v) is 8.32. The van der Waals surface area contributed by atoms with Crippen molar-refractivity contribution in [3.63, 3.8) is 0 Å². The van der Waals surface area contributed by atoms with Gasteiger partial charge in [0.1, 0.15) is 0 Å². The molecule has 0 unspecified atom stereocenters. The summed E-state index contributed by atoms with van der Waals surface area (Å²) >= 11 is 2.81. The van der Waals surface area contributed by atoms with Gasteiger partial charge in [0.15, 0.2) is 0 Å². The summed E-state index contributed by atoms with van der Waals surface area (Å²) in [4.78, 5) is 40.5. The number of carbonyl (C=O) groups is 3. The van der Waals surface area contributed by atoms with Crippen LogP contribution in [0.3, 0.4) is 0 Å². The molecule has 1 aliphatic rings. The molecule has 1 aromatic heterocycles. The number of imide groups is 1. The molecule has 2 aromatic rings. The maximum absolute atomic E-state index is 13.0. The number of amides is 2. The SMILES string of the molecule is CCCCOC(=O)c1ccc(N2C(=O)C(SCC)=C(c3cccs3)C2=O)cc1. The minimum atomic E-state index is -0.404. The van der Waals surface area contributed by atoms with Crippen molar-refractivity contribution in [3.8, 4) is 0 Å². The first-order chi connectivity index (χ1) is 13.6. The molecule has 0 bridgehead atoms. The summed E-state index contributed by atoms with van der Waals surface area (Å²) in [5, 5.41) is 1.88. The number of carbonyl (C=O) groups excluding carboxylic acids is 3. The topological polar surface area (TPSA) is 63.7 Å². The zero-order chi connectivity index (χ0) is 20.1. The summed E-state index contributed by atoms with van der Waals surface area (Å²) in [6.45, 7) is 4.35. The predicted molar refractivity (Wildman–Crippen MR) is 113 cm³/mol. The highest BCUT2D eigenvalue weighted by atomic mass is 32.2. The van der Waals surface area contributed by atoms with Crippen LogP contribution in [0.2, 0.25) is 0 Å². The lowest BCUT2D eigenvalue weighted by Crippen LogP contribution is -2.31. The first-order valence-electron chi connectivity index (χ1n) is 9.15. The van der Waals surface area contributed by atoms with Crippen LogP contribution in [0.4, 0.5) is 5.69 Å². The molecular weight excluding hydrogens is 394 g/mol. The molecule has 146 valence electrons. The summed E-state index contributed by atoms with van der Waals surface area (Å²) in [6.07, 6.45) is 1.76. The molecule has 28 heavy (non-hydrogen) atoms. The minimum absolute atomic E-state index is 0.321. The van der Waals surface area contributed by atoms with Crippen LogP contribution in [0, 0.1) is 0 Å². The fourth-order valence-corrected chi connectivity index (χ4v) is 4.48. The van der Waals surface area contributed by atoms with Crippen LogP contribution < -0.4 is 4.90 Å². The fraction of sp³-hybridized carbons (Fsp3) is 0.286. The third kappa shape index (κ3) is 4.05. The Labute approximate surface area is 172 Å². The lowest BCUT2D eigenvalue weighted by molar-refractivity contribution is -0.119. The van der Waals surface area contributed by atoms with Crippen LogP contribution in [0.5, 0.6) is 0 Å². The van der Waals surface area contributed by atoms with E-state index in [4.69, 9.17) is 4.74 Å². The molecule has 2 heterocycles. The Bertz CT molecular complexity index is 901. The van der Waals surface area contributed by atoms with E-state index in [9.17, 15) is 14.4 Å². The van der Waals surface area contributed by atoms with Gasteiger partial charge in [0.25, 0.3) is 11.8 Å². The van der Waals surface area contributed by atoms with Gasteiger partial charge in [0, 0.05) is 4.88 Å². The number of benzene rings is 1. The van der Waals surface area contributed by atoms with E-state index < -0.39 is 5.97 Å². The van der Waals surface area contributed by atoms with Crippen molar-refractivity contribution < 1.29 is 19.1 Å². The van der Waals surface area contributed by atoms with Gasteiger partial charge in [-0.1, -0.05) is 26.3 Å². The van der Waals surface area contributed by atoms with E-state index in [-0.39, 0.29) is 11.8 Å². The first kappa shape index (κ1) is 20.4. The molecular formula is C21H21NO4S2. The lowest BCUT2D eigenvalue weighted by atomic mass is 10.2. The van der Waals surface area contributed by atoms with E-state index in [2.05, 4.69) is 0 Å². The monoisotopic (exact) mass is 415 g/mol. The molecule has 0 saturated heterocycles. The Balaban J connectivity index is 1.84. The van der Waals surface area contributed by atoms with E-state index in [0.29, 0.717) is 34.1 Å². The lowest BCUT2D eigenvalue weighted by Gasteiger charge is -2.15. The maximum Gasteiger partial charge on any atom is 0.338 e. The zero-order valence-electron chi connectivity index (χ0n) is 15.8. The molecule has 3 rings (SSSR count). The van der Waals surface area contributed by atoms with Gasteiger partial charge in [-0.25, -0.2) is 9.69 Å². The minimum Gasteiger partial charge on any atom is -0.462 e. The van der Waals surface area contributed by atoms with E-state index in [1.54, 1.807) is 24.3 Å². The molecule has 0 N–H and O–H groups in total. The number of esters is 1. The Morgan fingerprint density at radius 2 is 1.86 bits per heavy atom. The summed E-state index contributed by atoms with van der Waals surface area (Å²) in [6, 6.07) is 10.1. The molecule has 7 heteroatoms. The van der Waals surface area contributed by atoms with Crippen LogP contribution in [0.1, 0.15) is 41.9 Å². The van der Waals surface area contributed by atoms with Crippen LogP contribution in [0.15, 0.2) is 46.7 Å². The van der Waals surface area contributed by atoms with Crippen LogP contribution in [0.25, 0.3) is 5.57 Å². The number of rotatable bonds is 8. The summed E-state index contributed by atoms with van der Waals surface area (Å²) < 4.78 is 5.19. The van der Waals surface area contributed by atoms with E-state index in [1.165, 1.54) is 28.0 Å². The van der Waals surface area contributed by atoms with Crippen molar-refractivity contribution in [1.29, 1.82) is 0 Å². The van der Waals surface area contributed by atoms with E-state index in [0.717, 1.165) is 17.7 Å². The second-order valence-electron chi connectivity index (χ2n) is 6.10. The number of hydrogen-bond donors (Lipinski definition) is 0. The van der Waals surface area contributed by atoms with Crippen LogP contribution >= 0.6 is 23.1 Å². The van der Waals surface area contributed by atoms with Crippen LogP contribution in [-0.2, 0) is 14.3 Å². The highest BCUT2D eigenvalue weighted by molar-refractivity contribution is 8.04. The highest BCUT2D eigenvalue weighted by Gasteiger charge is 2.40. The van der Waals surface area contributed by atoms with Crippen molar-refractivity contribution >= 4 is 52.1 Å². The van der Waals surface area contributed by atoms with Gasteiger partial charge in [-0.15, -0.1) is 23.1 Å². The molecule has 1 aromatic carbocycles. The van der Waals surface area contributed by atoms with Crippen molar-refractivity contribution in [1.82, 2.24) is 0 Å². The first-order valence-corrected chi connectivity index (χ1v) is 11.0. The molecule has 0 radical (unpaired) electrons. The molecule has 0 spiro atoms. The molecule has 2 amide bonds. The quantitative estimate of drug-likeness (QED) is 0.354. The smallest absolute Gasteiger partial charge is 0.338 e. The Hall–Kier alpha value is -2.38. The van der Waals surface area contributed by atoms with Gasteiger partial charge in [0.05, 0.1) is 28.3 Å². The number of unbranched alkanes of at least 4 members (excludes halogenated alkanes) is 1. The average molecular weight is 416 g/mol. The average Bonchev–Trinajstić information content (AvgIpc) is 3.29. The number of hydrogen-bond acceptors (Lipinski definition) is 6. The van der Waals surface area contributed by atoms with Crippen LogP contribution in [-0.4, -0.2) is 30.1 Å². The van der Waals surface area contributed by atoms with Crippen molar-refractivity contribution in [2.75, 3.05) is 17.3 Å². The number of nitrogens with zero attached hydrogens (tertiary/aromatic N) is 1. The summed E-state index contributed by atoms with van der Waals surface area (Å²) in [7, 11) is 0. The molecule has 1 aliphatic heterocycles. The molecule has 0 aliphatic carbocycles. The van der Waals surface area contributed by atoms with Gasteiger partial charge in [-0.05, 0) is 47.9 Å². The summed E-state index contributed by atoms with van der Waals surface area (Å²) in [5.41, 5.74) is 1.30. The van der Waals surface area contributed by atoms with E-state index >= 15 is 0 Å².